The van der Waals surface area contributed by atoms with Gasteiger partial charge in [0.2, 0.25) is 0 Å². The van der Waals surface area contributed by atoms with E-state index in [2.05, 4.69) is 46.3 Å². The molecule has 2 heterocycles. The summed E-state index contributed by atoms with van der Waals surface area (Å²) in [5.41, 5.74) is 3.18. The van der Waals surface area contributed by atoms with E-state index in [1.807, 2.05) is 0 Å². The lowest BCUT2D eigenvalue weighted by atomic mass is 10.2. The third-order valence-corrected chi connectivity index (χ3v) is 4.24. The van der Waals surface area contributed by atoms with E-state index in [-0.39, 0.29) is 5.91 Å². The SMILES string of the molecule is Cc1cccc(N2CCN(CCNC(=O)c3ccoc3)CC2)c1. The molecule has 0 atom stereocenters. The lowest BCUT2D eigenvalue weighted by Gasteiger charge is -2.36. The van der Waals surface area contributed by atoms with Crippen molar-refractivity contribution in [2.75, 3.05) is 44.2 Å². The highest BCUT2D eigenvalue weighted by atomic mass is 16.3. The minimum Gasteiger partial charge on any atom is -0.472 e. The van der Waals surface area contributed by atoms with Gasteiger partial charge >= 0.3 is 0 Å². The fourth-order valence-electron chi connectivity index (χ4n) is 2.88. The second kappa shape index (κ2) is 7.33. The summed E-state index contributed by atoms with van der Waals surface area (Å²) in [6.45, 7) is 7.77. The van der Waals surface area contributed by atoms with E-state index in [0.29, 0.717) is 12.1 Å². The molecular formula is C18H23N3O2. The van der Waals surface area contributed by atoms with Gasteiger partial charge in [-0.05, 0) is 30.7 Å². The fraction of sp³-hybridized carbons (Fsp3) is 0.389. The molecule has 1 aliphatic heterocycles. The Hall–Kier alpha value is -2.27. The molecule has 23 heavy (non-hydrogen) atoms. The predicted molar refractivity (Wildman–Crippen MR) is 90.9 cm³/mol. The molecule has 0 spiro atoms. The molecule has 3 rings (SSSR count). The van der Waals surface area contributed by atoms with E-state index in [9.17, 15) is 4.79 Å². The van der Waals surface area contributed by atoms with Crippen LogP contribution >= 0.6 is 0 Å². The molecule has 0 bridgehead atoms. The van der Waals surface area contributed by atoms with Crippen molar-refractivity contribution in [3.8, 4) is 0 Å². The molecule has 0 unspecified atom stereocenters. The number of rotatable bonds is 5. The van der Waals surface area contributed by atoms with Gasteiger partial charge in [-0.15, -0.1) is 0 Å². The first-order valence-corrected chi connectivity index (χ1v) is 8.07. The normalized spacial score (nSPS) is 15.6. The maximum Gasteiger partial charge on any atom is 0.254 e. The van der Waals surface area contributed by atoms with Crippen LogP contribution in [0.4, 0.5) is 5.69 Å². The number of hydrogen-bond acceptors (Lipinski definition) is 4. The first kappa shape index (κ1) is 15.6. The molecule has 1 amide bonds. The van der Waals surface area contributed by atoms with Crippen molar-refractivity contribution in [2.24, 2.45) is 0 Å². The first-order valence-electron chi connectivity index (χ1n) is 8.07. The molecule has 1 fully saturated rings. The molecule has 5 heteroatoms. The third kappa shape index (κ3) is 4.13. The summed E-state index contributed by atoms with van der Waals surface area (Å²) in [5, 5.41) is 2.93. The van der Waals surface area contributed by atoms with E-state index in [1.165, 1.54) is 23.8 Å². The van der Waals surface area contributed by atoms with Crippen molar-refractivity contribution < 1.29 is 9.21 Å². The van der Waals surface area contributed by atoms with E-state index in [1.54, 1.807) is 6.07 Å². The van der Waals surface area contributed by atoms with Gasteiger partial charge in [0, 0.05) is 45.0 Å². The summed E-state index contributed by atoms with van der Waals surface area (Å²) in [6, 6.07) is 10.3. The number of hydrogen-bond donors (Lipinski definition) is 1. The Morgan fingerprint density at radius 3 is 2.74 bits per heavy atom. The summed E-state index contributed by atoms with van der Waals surface area (Å²) in [5.74, 6) is -0.0721. The summed E-state index contributed by atoms with van der Waals surface area (Å²) in [6.07, 6.45) is 2.98. The second-order valence-corrected chi connectivity index (χ2v) is 5.94. The van der Waals surface area contributed by atoms with Gasteiger partial charge in [0.15, 0.2) is 0 Å². The highest BCUT2D eigenvalue weighted by Gasteiger charge is 2.17. The number of aryl methyl sites for hydroxylation is 1. The second-order valence-electron chi connectivity index (χ2n) is 5.94. The molecule has 0 aliphatic carbocycles. The van der Waals surface area contributed by atoms with Crippen LogP contribution in [-0.4, -0.2) is 50.1 Å². The van der Waals surface area contributed by atoms with Crippen LogP contribution in [0.2, 0.25) is 0 Å². The van der Waals surface area contributed by atoms with Crippen molar-refractivity contribution >= 4 is 11.6 Å². The number of nitrogens with zero attached hydrogens (tertiary/aromatic N) is 2. The van der Waals surface area contributed by atoms with Crippen molar-refractivity contribution in [3.63, 3.8) is 0 Å². The summed E-state index contributed by atoms with van der Waals surface area (Å²) >= 11 is 0. The topological polar surface area (TPSA) is 48.7 Å². The van der Waals surface area contributed by atoms with E-state index in [0.717, 1.165) is 32.7 Å². The lowest BCUT2D eigenvalue weighted by Crippen LogP contribution is -2.48. The number of amides is 1. The Labute approximate surface area is 136 Å². The van der Waals surface area contributed by atoms with Crippen LogP contribution in [0.15, 0.2) is 47.3 Å². The Balaban J connectivity index is 1.40. The van der Waals surface area contributed by atoms with Crippen LogP contribution in [0.3, 0.4) is 0 Å². The number of carbonyl (C=O) groups is 1. The largest absolute Gasteiger partial charge is 0.472 e. The van der Waals surface area contributed by atoms with E-state index < -0.39 is 0 Å². The molecule has 1 aliphatic rings. The monoisotopic (exact) mass is 313 g/mol. The highest BCUT2D eigenvalue weighted by Crippen LogP contribution is 2.17. The Morgan fingerprint density at radius 2 is 2.04 bits per heavy atom. The Morgan fingerprint density at radius 1 is 1.22 bits per heavy atom. The zero-order valence-electron chi connectivity index (χ0n) is 13.5. The summed E-state index contributed by atoms with van der Waals surface area (Å²) in [4.78, 5) is 16.6. The number of furan rings is 1. The Kier molecular flexibility index (Phi) is 4.98. The van der Waals surface area contributed by atoms with Crippen LogP contribution in [0, 0.1) is 6.92 Å². The molecule has 1 N–H and O–H groups in total. The zero-order chi connectivity index (χ0) is 16.1. The summed E-state index contributed by atoms with van der Waals surface area (Å²) in [7, 11) is 0. The number of carbonyl (C=O) groups excluding carboxylic acids is 1. The highest BCUT2D eigenvalue weighted by molar-refractivity contribution is 5.93. The minimum atomic E-state index is -0.0721. The van der Waals surface area contributed by atoms with Crippen LogP contribution in [0.5, 0.6) is 0 Å². The van der Waals surface area contributed by atoms with E-state index in [4.69, 9.17) is 4.42 Å². The van der Waals surface area contributed by atoms with Gasteiger partial charge in [0.05, 0.1) is 11.8 Å². The molecule has 1 saturated heterocycles. The van der Waals surface area contributed by atoms with Gasteiger partial charge in [0.25, 0.3) is 5.91 Å². The number of anilines is 1. The maximum atomic E-state index is 11.8. The zero-order valence-corrected chi connectivity index (χ0v) is 13.5. The molecule has 1 aromatic carbocycles. The average Bonchev–Trinajstić information content (AvgIpc) is 3.10. The quantitative estimate of drug-likeness (QED) is 0.919. The van der Waals surface area contributed by atoms with Gasteiger partial charge < -0.3 is 14.6 Å². The number of piperazine rings is 1. The van der Waals surface area contributed by atoms with E-state index >= 15 is 0 Å². The van der Waals surface area contributed by atoms with Crippen LogP contribution < -0.4 is 10.2 Å². The average molecular weight is 313 g/mol. The molecule has 2 aromatic rings. The maximum absolute atomic E-state index is 11.8. The smallest absolute Gasteiger partial charge is 0.254 e. The van der Waals surface area contributed by atoms with Crippen molar-refractivity contribution in [3.05, 3.63) is 54.0 Å². The van der Waals surface area contributed by atoms with Crippen LogP contribution in [0.1, 0.15) is 15.9 Å². The first-order chi connectivity index (χ1) is 11.2. The third-order valence-electron chi connectivity index (χ3n) is 4.24. The van der Waals surface area contributed by atoms with Gasteiger partial charge in [-0.1, -0.05) is 12.1 Å². The number of benzene rings is 1. The minimum absolute atomic E-state index is 0.0721. The van der Waals surface area contributed by atoms with Gasteiger partial charge in [-0.2, -0.15) is 0 Å². The fourth-order valence-corrected chi connectivity index (χ4v) is 2.88. The molecule has 1 aromatic heterocycles. The van der Waals surface area contributed by atoms with Crippen molar-refractivity contribution in [1.82, 2.24) is 10.2 Å². The lowest BCUT2D eigenvalue weighted by molar-refractivity contribution is 0.0947. The van der Waals surface area contributed by atoms with Crippen molar-refractivity contribution in [2.45, 2.75) is 6.92 Å². The number of nitrogens with one attached hydrogen (secondary N) is 1. The predicted octanol–water partition coefficient (Wildman–Crippen LogP) is 2.14. The van der Waals surface area contributed by atoms with Gasteiger partial charge in [0.1, 0.15) is 6.26 Å². The molecule has 5 nitrogen and oxygen atoms in total. The molecule has 0 radical (unpaired) electrons. The van der Waals surface area contributed by atoms with Gasteiger partial charge in [-0.3, -0.25) is 9.69 Å². The van der Waals surface area contributed by atoms with Crippen LogP contribution in [-0.2, 0) is 0 Å². The standard InChI is InChI=1S/C18H23N3O2/c1-15-3-2-4-17(13-15)21-10-8-20(9-11-21)7-6-19-18(22)16-5-12-23-14-16/h2-5,12-14H,6-11H2,1H3,(H,19,22). The molecule has 0 saturated carbocycles. The Bertz CT molecular complexity index is 631. The van der Waals surface area contributed by atoms with Crippen molar-refractivity contribution in [1.29, 1.82) is 0 Å². The summed E-state index contributed by atoms with van der Waals surface area (Å²) < 4.78 is 4.92. The molecule has 122 valence electrons. The van der Waals surface area contributed by atoms with Gasteiger partial charge in [-0.25, -0.2) is 0 Å². The van der Waals surface area contributed by atoms with Crippen LogP contribution in [0.25, 0.3) is 0 Å². The molecular weight excluding hydrogens is 290 g/mol.